The van der Waals surface area contributed by atoms with E-state index in [1.54, 1.807) is 0 Å². The van der Waals surface area contributed by atoms with Crippen molar-refractivity contribution in [2.45, 2.75) is 19.9 Å². The molecule has 1 N–H and O–H groups in total. The van der Waals surface area contributed by atoms with Crippen LogP contribution in [0.2, 0.25) is 0 Å². The van der Waals surface area contributed by atoms with Crippen LogP contribution in [-0.2, 0) is 0 Å². The summed E-state index contributed by atoms with van der Waals surface area (Å²) < 4.78 is 1.82. The number of rotatable bonds is 2. The van der Waals surface area contributed by atoms with Crippen molar-refractivity contribution in [2.24, 2.45) is 0 Å². The number of nitrogens with zero attached hydrogens (tertiary/aromatic N) is 3. The third-order valence-corrected chi connectivity index (χ3v) is 3.87. The Morgan fingerprint density at radius 3 is 2.73 bits per heavy atom. The summed E-state index contributed by atoms with van der Waals surface area (Å²) >= 11 is 0. The van der Waals surface area contributed by atoms with E-state index >= 15 is 0 Å². The molecule has 2 heterocycles. The second-order valence-electron chi connectivity index (χ2n) is 5.47. The predicted octanol–water partition coefficient (Wildman–Crippen LogP) is 2.04. The zero-order valence-electron chi connectivity index (χ0n) is 12.8. The predicted molar refractivity (Wildman–Crippen MR) is 88.9 cm³/mol. The number of amides is 1. The number of aromatic nitrogens is 2. The van der Waals surface area contributed by atoms with Crippen molar-refractivity contribution >= 4 is 18.3 Å². The van der Waals surface area contributed by atoms with Gasteiger partial charge in [-0.2, -0.15) is 5.10 Å². The van der Waals surface area contributed by atoms with E-state index in [1.165, 1.54) is 0 Å². The lowest BCUT2D eigenvalue weighted by Crippen LogP contribution is -2.52. The summed E-state index contributed by atoms with van der Waals surface area (Å²) in [6.45, 7) is 6.44. The van der Waals surface area contributed by atoms with E-state index in [2.05, 4.69) is 17.3 Å². The SMILES string of the molecule is Cc1cc(C(=O)N2CCNC[C@@H]2C)nn1-c1ccccc1.Cl. The Hall–Kier alpha value is -1.85. The molecule has 1 aliphatic heterocycles. The summed E-state index contributed by atoms with van der Waals surface area (Å²) in [7, 11) is 0. The Bertz CT molecular complexity index is 641. The number of benzene rings is 1. The molecule has 0 spiro atoms. The summed E-state index contributed by atoms with van der Waals surface area (Å²) in [5.41, 5.74) is 2.46. The highest BCUT2D eigenvalue weighted by molar-refractivity contribution is 5.92. The Kier molecular flexibility index (Phi) is 5.21. The van der Waals surface area contributed by atoms with Crippen LogP contribution in [0.3, 0.4) is 0 Å². The number of para-hydroxylation sites is 1. The molecule has 5 nitrogen and oxygen atoms in total. The van der Waals surface area contributed by atoms with Crippen LogP contribution >= 0.6 is 12.4 Å². The van der Waals surface area contributed by atoms with Crippen LogP contribution in [0.25, 0.3) is 5.69 Å². The fraction of sp³-hybridized carbons (Fsp3) is 0.375. The number of hydrogen-bond acceptors (Lipinski definition) is 3. The van der Waals surface area contributed by atoms with Gasteiger partial charge in [-0.1, -0.05) is 18.2 Å². The highest BCUT2D eigenvalue weighted by atomic mass is 35.5. The number of hydrogen-bond donors (Lipinski definition) is 1. The number of carbonyl (C=O) groups is 1. The van der Waals surface area contributed by atoms with Gasteiger partial charge < -0.3 is 10.2 Å². The molecular formula is C16H21ClN4O. The second-order valence-corrected chi connectivity index (χ2v) is 5.47. The fourth-order valence-electron chi connectivity index (χ4n) is 2.70. The van der Waals surface area contributed by atoms with Gasteiger partial charge in [-0.25, -0.2) is 4.68 Å². The molecule has 1 atom stereocenters. The normalized spacial score (nSPS) is 17.9. The molecule has 0 unspecified atom stereocenters. The number of carbonyl (C=O) groups excluding carboxylic acids is 1. The maximum atomic E-state index is 12.6. The van der Waals surface area contributed by atoms with E-state index in [1.807, 2.05) is 52.9 Å². The van der Waals surface area contributed by atoms with Gasteiger partial charge in [0.15, 0.2) is 5.69 Å². The zero-order chi connectivity index (χ0) is 14.8. The molecule has 0 radical (unpaired) electrons. The van der Waals surface area contributed by atoms with E-state index in [-0.39, 0.29) is 24.4 Å². The Morgan fingerprint density at radius 2 is 2.05 bits per heavy atom. The lowest BCUT2D eigenvalue weighted by Gasteiger charge is -2.33. The topological polar surface area (TPSA) is 50.2 Å². The molecule has 1 fully saturated rings. The van der Waals surface area contributed by atoms with Crippen LogP contribution < -0.4 is 5.32 Å². The highest BCUT2D eigenvalue weighted by Gasteiger charge is 2.26. The minimum Gasteiger partial charge on any atom is -0.332 e. The summed E-state index contributed by atoms with van der Waals surface area (Å²) in [5, 5.41) is 7.79. The van der Waals surface area contributed by atoms with Gasteiger partial charge in [0.25, 0.3) is 5.91 Å². The van der Waals surface area contributed by atoms with Crippen LogP contribution in [0, 0.1) is 6.92 Å². The average Bonchev–Trinajstić information content (AvgIpc) is 2.90. The molecule has 118 valence electrons. The molecule has 1 amide bonds. The minimum atomic E-state index is 0. The van der Waals surface area contributed by atoms with Gasteiger partial charge in [-0.3, -0.25) is 4.79 Å². The number of nitrogens with one attached hydrogen (secondary N) is 1. The van der Waals surface area contributed by atoms with E-state index in [4.69, 9.17) is 0 Å². The molecule has 1 aromatic carbocycles. The standard InChI is InChI=1S/C16H20N4O.ClH/c1-12-10-15(16(21)19-9-8-17-11-13(19)2)18-20(12)14-6-4-3-5-7-14;/h3-7,10,13,17H,8-9,11H2,1-2H3;1H/t13-;/m0./s1. The van der Waals surface area contributed by atoms with E-state index in [9.17, 15) is 4.79 Å². The third kappa shape index (κ3) is 3.15. The summed E-state index contributed by atoms with van der Waals surface area (Å²) in [6, 6.07) is 11.9. The number of halogens is 1. The van der Waals surface area contributed by atoms with E-state index in [0.717, 1.165) is 31.0 Å². The monoisotopic (exact) mass is 320 g/mol. The molecular weight excluding hydrogens is 300 g/mol. The van der Waals surface area contributed by atoms with Gasteiger partial charge in [0.2, 0.25) is 0 Å². The molecule has 6 heteroatoms. The highest BCUT2D eigenvalue weighted by Crippen LogP contribution is 2.15. The molecule has 0 saturated carbocycles. The van der Waals surface area contributed by atoms with Crippen LogP contribution in [-0.4, -0.2) is 46.3 Å². The molecule has 2 aromatic rings. The largest absolute Gasteiger partial charge is 0.332 e. The first-order chi connectivity index (χ1) is 10.2. The van der Waals surface area contributed by atoms with Crippen molar-refractivity contribution in [1.82, 2.24) is 20.0 Å². The molecule has 1 aromatic heterocycles. The quantitative estimate of drug-likeness (QED) is 0.921. The van der Waals surface area contributed by atoms with Crippen molar-refractivity contribution in [3.63, 3.8) is 0 Å². The fourth-order valence-corrected chi connectivity index (χ4v) is 2.70. The average molecular weight is 321 g/mol. The van der Waals surface area contributed by atoms with Gasteiger partial charge in [-0.15, -0.1) is 12.4 Å². The van der Waals surface area contributed by atoms with E-state index in [0.29, 0.717) is 5.69 Å². The molecule has 3 rings (SSSR count). The third-order valence-electron chi connectivity index (χ3n) is 3.87. The first kappa shape index (κ1) is 16.5. The van der Waals surface area contributed by atoms with Gasteiger partial charge in [0, 0.05) is 31.4 Å². The molecule has 0 aliphatic carbocycles. The smallest absolute Gasteiger partial charge is 0.274 e. The van der Waals surface area contributed by atoms with Crippen LogP contribution in [0.1, 0.15) is 23.1 Å². The van der Waals surface area contributed by atoms with Crippen molar-refractivity contribution in [1.29, 1.82) is 0 Å². The summed E-state index contributed by atoms with van der Waals surface area (Å²) in [6.07, 6.45) is 0. The lowest BCUT2D eigenvalue weighted by molar-refractivity contribution is 0.0649. The molecule has 1 aliphatic rings. The molecule has 22 heavy (non-hydrogen) atoms. The van der Waals surface area contributed by atoms with Crippen LogP contribution in [0.15, 0.2) is 36.4 Å². The summed E-state index contributed by atoms with van der Waals surface area (Å²) in [4.78, 5) is 14.5. The van der Waals surface area contributed by atoms with E-state index < -0.39 is 0 Å². The van der Waals surface area contributed by atoms with Crippen molar-refractivity contribution in [3.8, 4) is 5.69 Å². The first-order valence-electron chi connectivity index (χ1n) is 7.30. The second kappa shape index (κ2) is 6.94. The Morgan fingerprint density at radius 1 is 1.32 bits per heavy atom. The Labute approximate surface area is 136 Å². The van der Waals surface area contributed by atoms with Crippen molar-refractivity contribution in [2.75, 3.05) is 19.6 Å². The number of piperazine rings is 1. The zero-order valence-corrected chi connectivity index (χ0v) is 13.6. The summed E-state index contributed by atoms with van der Waals surface area (Å²) in [5.74, 6) is 0.0155. The van der Waals surface area contributed by atoms with Crippen molar-refractivity contribution in [3.05, 3.63) is 47.8 Å². The maximum Gasteiger partial charge on any atom is 0.274 e. The van der Waals surface area contributed by atoms with Gasteiger partial charge in [0.05, 0.1) is 5.69 Å². The van der Waals surface area contributed by atoms with Gasteiger partial charge in [-0.05, 0) is 32.0 Å². The lowest BCUT2D eigenvalue weighted by atomic mass is 10.2. The van der Waals surface area contributed by atoms with Crippen molar-refractivity contribution < 1.29 is 4.79 Å². The maximum absolute atomic E-state index is 12.6. The van der Waals surface area contributed by atoms with Crippen LogP contribution in [0.5, 0.6) is 0 Å². The minimum absolute atomic E-state index is 0. The van der Waals surface area contributed by atoms with Gasteiger partial charge in [0.1, 0.15) is 0 Å². The van der Waals surface area contributed by atoms with Crippen LogP contribution in [0.4, 0.5) is 0 Å². The Balaban J connectivity index is 0.00000176. The number of aryl methyl sites for hydroxylation is 1. The van der Waals surface area contributed by atoms with Gasteiger partial charge >= 0.3 is 0 Å². The molecule has 0 bridgehead atoms. The molecule has 1 saturated heterocycles. The first-order valence-corrected chi connectivity index (χ1v) is 7.30.